The van der Waals surface area contributed by atoms with Gasteiger partial charge in [-0.1, -0.05) is 0 Å². The first kappa shape index (κ1) is 12.7. The van der Waals surface area contributed by atoms with Gasteiger partial charge < -0.3 is 4.74 Å². The average Bonchev–Trinajstić information content (AvgIpc) is 2.13. The van der Waals surface area contributed by atoms with Crippen LogP contribution in [0.3, 0.4) is 0 Å². The SMILES string of the molecule is CCOC(=O)c1cc(I)c(Br)c(I)c1. The summed E-state index contributed by atoms with van der Waals surface area (Å²) in [4.78, 5) is 11.4. The highest BCUT2D eigenvalue weighted by atomic mass is 127. The van der Waals surface area contributed by atoms with Crippen LogP contribution in [0.2, 0.25) is 0 Å². The Morgan fingerprint density at radius 3 is 2.36 bits per heavy atom. The van der Waals surface area contributed by atoms with E-state index in [2.05, 4.69) is 61.1 Å². The summed E-state index contributed by atoms with van der Waals surface area (Å²) < 4.78 is 7.96. The van der Waals surface area contributed by atoms with Crippen LogP contribution >= 0.6 is 61.1 Å². The third-order valence-corrected chi connectivity index (χ3v) is 5.53. The molecule has 0 N–H and O–H groups in total. The van der Waals surface area contributed by atoms with Crippen molar-refractivity contribution >= 4 is 67.1 Å². The first-order chi connectivity index (χ1) is 6.56. The molecule has 0 saturated carbocycles. The normalized spacial score (nSPS) is 10.0. The van der Waals surface area contributed by atoms with E-state index in [0.29, 0.717) is 12.2 Å². The summed E-state index contributed by atoms with van der Waals surface area (Å²) in [5, 5.41) is 0. The Balaban J connectivity index is 3.06. The van der Waals surface area contributed by atoms with Gasteiger partial charge in [-0.05, 0) is 80.2 Å². The minimum absolute atomic E-state index is 0.268. The van der Waals surface area contributed by atoms with Crippen molar-refractivity contribution in [2.75, 3.05) is 6.61 Å². The topological polar surface area (TPSA) is 26.3 Å². The summed E-state index contributed by atoms with van der Waals surface area (Å²) in [7, 11) is 0. The zero-order valence-electron chi connectivity index (χ0n) is 7.31. The Hall–Kier alpha value is 0.630. The first-order valence-corrected chi connectivity index (χ1v) is 6.83. The van der Waals surface area contributed by atoms with Gasteiger partial charge in [0.1, 0.15) is 0 Å². The number of benzene rings is 1. The molecule has 0 amide bonds. The number of rotatable bonds is 2. The van der Waals surface area contributed by atoms with Crippen molar-refractivity contribution in [3.8, 4) is 0 Å². The van der Waals surface area contributed by atoms with Crippen molar-refractivity contribution < 1.29 is 9.53 Å². The highest BCUT2D eigenvalue weighted by molar-refractivity contribution is 14.1. The zero-order valence-corrected chi connectivity index (χ0v) is 13.2. The molecule has 0 bridgehead atoms. The van der Waals surface area contributed by atoms with Crippen molar-refractivity contribution in [1.82, 2.24) is 0 Å². The van der Waals surface area contributed by atoms with Gasteiger partial charge in [-0.3, -0.25) is 0 Å². The Morgan fingerprint density at radius 1 is 1.43 bits per heavy atom. The zero-order chi connectivity index (χ0) is 10.7. The number of halogens is 3. The maximum atomic E-state index is 11.4. The molecular weight excluding hydrogens is 474 g/mol. The molecule has 76 valence electrons. The van der Waals surface area contributed by atoms with Crippen LogP contribution in [0.4, 0.5) is 0 Å². The monoisotopic (exact) mass is 480 g/mol. The largest absolute Gasteiger partial charge is 0.462 e. The second-order valence-corrected chi connectivity index (χ2v) is 5.59. The van der Waals surface area contributed by atoms with E-state index in [-0.39, 0.29) is 5.97 Å². The second kappa shape index (κ2) is 5.64. The van der Waals surface area contributed by atoms with Crippen LogP contribution in [0, 0.1) is 7.14 Å². The molecule has 0 atom stereocenters. The molecule has 2 nitrogen and oxygen atoms in total. The molecule has 0 heterocycles. The van der Waals surface area contributed by atoms with Crippen molar-refractivity contribution in [3.63, 3.8) is 0 Å². The fourth-order valence-corrected chi connectivity index (χ4v) is 2.88. The van der Waals surface area contributed by atoms with Crippen LogP contribution < -0.4 is 0 Å². The third-order valence-electron chi connectivity index (χ3n) is 1.49. The van der Waals surface area contributed by atoms with E-state index in [1.807, 2.05) is 12.1 Å². The van der Waals surface area contributed by atoms with Crippen LogP contribution in [0.5, 0.6) is 0 Å². The summed E-state index contributed by atoms with van der Waals surface area (Å²) in [6.07, 6.45) is 0. The van der Waals surface area contributed by atoms with Crippen LogP contribution in [-0.4, -0.2) is 12.6 Å². The summed E-state index contributed by atoms with van der Waals surface area (Å²) in [5.74, 6) is -0.268. The highest BCUT2D eigenvalue weighted by Gasteiger charge is 2.11. The lowest BCUT2D eigenvalue weighted by atomic mass is 10.2. The van der Waals surface area contributed by atoms with Crippen LogP contribution in [0.15, 0.2) is 16.6 Å². The van der Waals surface area contributed by atoms with Crippen molar-refractivity contribution in [2.45, 2.75) is 6.92 Å². The van der Waals surface area contributed by atoms with Crippen LogP contribution in [-0.2, 0) is 4.74 Å². The predicted octanol–water partition coefficient (Wildman–Crippen LogP) is 3.84. The molecule has 0 unspecified atom stereocenters. The second-order valence-electron chi connectivity index (χ2n) is 2.47. The number of hydrogen-bond acceptors (Lipinski definition) is 2. The van der Waals surface area contributed by atoms with E-state index in [1.165, 1.54) is 0 Å². The van der Waals surface area contributed by atoms with E-state index < -0.39 is 0 Å². The molecule has 0 radical (unpaired) electrons. The standard InChI is InChI=1S/C9H7BrI2O2/c1-2-14-9(13)5-3-6(11)8(10)7(12)4-5/h3-4H,2H2,1H3. The van der Waals surface area contributed by atoms with Gasteiger partial charge >= 0.3 is 5.97 Å². The van der Waals surface area contributed by atoms with Gasteiger partial charge in [0, 0.05) is 11.6 Å². The minimum Gasteiger partial charge on any atom is -0.462 e. The summed E-state index contributed by atoms with van der Waals surface area (Å²) in [5.41, 5.74) is 0.601. The fourth-order valence-electron chi connectivity index (χ4n) is 0.888. The van der Waals surface area contributed by atoms with Gasteiger partial charge in [0.15, 0.2) is 0 Å². The number of carbonyl (C=O) groups excluding carboxylic acids is 1. The molecule has 1 rings (SSSR count). The Kier molecular flexibility index (Phi) is 5.12. The lowest BCUT2D eigenvalue weighted by molar-refractivity contribution is 0.0526. The summed E-state index contributed by atoms with van der Waals surface area (Å²) in [6, 6.07) is 3.62. The number of hydrogen-bond donors (Lipinski definition) is 0. The molecule has 0 saturated heterocycles. The van der Waals surface area contributed by atoms with Crippen molar-refractivity contribution in [1.29, 1.82) is 0 Å². The van der Waals surface area contributed by atoms with Gasteiger partial charge in [-0.25, -0.2) is 4.79 Å². The maximum absolute atomic E-state index is 11.4. The maximum Gasteiger partial charge on any atom is 0.338 e. The van der Waals surface area contributed by atoms with Crippen LogP contribution in [0.25, 0.3) is 0 Å². The van der Waals surface area contributed by atoms with E-state index >= 15 is 0 Å². The van der Waals surface area contributed by atoms with Gasteiger partial charge in [0.2, 0.25) is 0 Å². The summed E-state index contributed by atoms with van der Waals surface area (Å²) in [6.45, 7) is 2.20. The predicted molar refractivity (Wildman–Crippen MR) is 75.5 cm³/mol. The van der Waals surface area contributed by atoms with Crippen LogP contribution in [0.1, 0.15) is 17.3 Å². The molecule has 0 aliphatic carbocycles. The fraction of sp³-hybridized carbons (Fsp3) is 0.222. The van der Waals surface area contributed by atoms with Gasteiger partial charge in [0.25, 0.3) is 0 Å². The summed E-state index contributed by atoms with van der Waals surface area (Å²) >= 11 is 7.79. The molecule has 0 spiro atoms. The smallest absolute Gasteiger partial charge is 0.338 e. The number of ether oxygens (including phenoxy) is 1. The van der Waals surface area contributed by atoms with E-state index in [1.54, 1.807) is 6.92 Å². The molecule has 5 heteroatoms. The molecule has 0 aliphatic rings. The minimum atomic E-state index is -0.268. The molecule has 1 aromatic carbocycles. The molecule has 0 fully saturated rings. The molecular formula is C9H7BrI2O2. The van der Waals surface area contributed by atoms with Crippen molar-refractivity contribution in [2.24, 2.45) is 0 Å². The van der Waals surface area contributed by atoms with E-state index in [0.717, 1.165) is 11.6 Å². The highest BCUT2D eigenvalue weighted by Crippen LogP contribution is 2.26. The van der Waals surface area contributed by atoms with E-state index in [4.69, 9.17) is 4.74 Å². The number of esters is 1. The molecule has 0 aliphatic heterocycles. The van der Waals surface area contributed by atoms with Crippen molar-refractivity contribution in [3.05, 3.63) is 29.3 Å². The number of carbonyl (C=O) groups is 1. The average molecular weight is 481 g/mol. The Bertz CT molecular complexity index is 343. The molecule has 14 heavy (non-hydrogen) atoms. The first-order valence-electron chi connectivity index (χ1n) is 3.88. The van der Waals surface area contributed by atoms with Gasteiger partial charge in [0.05, 0.1) is 12.2 Å². The van der Waals surface area contributed by atoms with Gasteiger partial charge in [-0.2, -0.15) is 0 Å². The van der Waals surface area contributed by atoms with Gasteiger partial charge in [-0.15, -0.1) is 0 Å². The van der Waals surface area contributed by atoms with E-state index in [9.17, 15) is 4.79 Å². The lowest BCUT2D eigenvalue weighted by Crippen LogP contribution is -2.05. The Morgan fingerprint density at radius 2 is 1.93 bits per heavy atom. The molecule has 1 aromatic rings. The Labute approximate surface area is 118 Å². The third kappa shape index (κ3) is 3.06. The lowest BCUT2D eigenvalue weighted by Gasteiger charge is -2.05. The molecule has 0 aromatic heterocycles. The quantitative estimate of drug-likeness (QED) is 0.365.